The molecule has 4 rings (SSSR count). The van der Waals surface area contributed by atoms with Crippen molar-refractivity contribution in [2.24, 2.45) is 0 Å². The van der Waals surface area contributed by atoms with Crippen molar-refractivity contribution in [2.45, 2.75) is 19.4 Å². The van der Waals surface area contributed by atoms with Crippen LogP contribution >= 0.6 is 15.9 Å². The Balaban J connectivity index is 1.67. The van der Waals surface area contributed by atoms with Gasteiger partial charge in [-0.05, 0) is 54.8 Å². The smallest absolute Gasteiger partial charge is 0.295 e. The predicted octanol–water partition coefficient (Wildman–Crippen LogP) is 4.47. The van der Waals surface area contributed by atoms with Crippen LogP contribution < -0.4 is 4.74 Å². The number of rotatable bonds is 9. The molecule has 1 N–H and O–H groups in total. The number of hydrogen-bond donors (Lipinski definition) is 1. The van der Waals surface area contributed by atoms with E-state index in [9.17, 15) is 14.7 Å². The zero-order valence-electron chi connectivity index (χ0n) is 20.4. The summed E-state index contributed by atoms with van der Waals surface area (Å²) in [5, 5.41) is 11.4. The Kier molecular flexibility index (Phi) is 8.61. The quantitative estimate of drug-likeness (QED) is 0.213. The molecule has 2 aromatic rings. The molecule has 8 heteroatoms. The molecule has 2 fully saturated rings. The number of ketones is 1. The molecule has 1 amide bonds. The van der Waals surface area contributed by atoms with Gasteiger partial charge in [0.05, 0.1) is 24.8 Å². The van der Waals surface area contributed by atoms with E-state index < -0.39 is 17.7 Å². The average Bonchev–Trinajstić information content (AvgIpc) is 3.13. The number of carbonyl (C=O) groups excluding carboxylic acids is 2. The molecule has 2 aliphatic rings. The van der Waals surface area contributed by atoms with Crippen LogP contribution in [0.4, 0.5) is 0 Å². The number of morpholine rings is 1. The largest absolute Gasteiger partial charge is 0.507 e. The number of ether oxygens (including phenoxy) is 2. The number of aliphatic hydroxyl groups excluding tert-OH is 1. The summed E-state index contributed by atoms with van der Waals surface area (Å²) in [6, 6.07) is 12.1. The fraction of sp³-hybridized carbons (Fsp3) is 0.357. The Morgan fingerprint density at radius 1 is 1.17 bits per heavy atom. The molecule has 36 heavy (non-hydrogen) atoms. The van der Waals surface area contributed by atoms with Crippen molar-refractivity contribution in [1.82, 2.24) is 9.80 Å². The number of Topliss-reactive ketones (excluding diaryl/α,β-unsaturated/α-hetero) is 1. The number of hydrogen-bond acceptors (Lipinski definition) is 6. The molecule has 0 spiro atoms. The van der Waals surface area contributed by atoms with Crippen LogP contribution in [0, 0.1) is 6.92 Å². The second-order valence-corrected chi connectivity index (χ2v) is 9.84. The van der Waals surface area contributed by atoms with E-state index in [1.807, 2.05) is 31.2 Å². The number of aryl methyl sites for hydroxylation is 1. The molecule has 2 saturated heterocycles. The van der Waals surface area contributed by atoms with E-state index >= 15 is 0 Å². The van der Waals surface area contributed by atoms with Gasteiger partial charge in [0.1, 0.15) is 18.1 Å². The van der Waals surface area contributed by atoms with Crippen molar-refractivity contribution in [3.8, 4) is 5.75 Å². The van der Waals surface area contributed by atoms with Crippen LogP contribution in [0.5, 0.6) is 5.75 Å². The predicted molar refractivity (Wildman–Crippen MR) is 142 cm³/mol. The molecule has 2 heterocycles. The van der Waals surface area contributed by atoms with E-state index in [0.29, 0.717) is 44.1 Å². The summed E-state index contributed by atoms with van der Waals surface area (Å²) in [6.07, 6.45) is 2.37. The Bertz CT molecular complexity index is 1160. The van der Waals surface area contributed by atoms with Gasteiger partial charge in [-0.3, -0.25) is 14.5 Å². The van der Waals surface area contributed by atoms with Gasteiger partial charge in [0.2, 0.25) is 0 Å². The standard InChI is InChI=1S/C28H31BrN2O5/c1-3-15-36-22-9-10-23(19(2)18-22)26(32)24-25(20-5-7-21(29)8-6-20)31(28(34)27(24)33)12-4-11-30-13-16-35-17-14-30/h3,5-10,18,25,32H,1,4,11-17H2,2H3/t25-/m0/s1. The highest BCUT2D eigenvalue weighted by molar-refractivity contribution is 9.10. The molecule has 1 atom stereocenters. The van der Waals surface area contributed by atoms with Crippen molar-refractivity contribution >= 4 is 33.4 Å². The van der Waals surface area contributed by atoms with E-state index in [-0.39, 0.29) is 11.3 Å². The van der Waals surface area contributed by atoms with Crippen LogP contribution in [-0.4, -0.2) is 72.6 Å². The van der Waals surface area contributed by atoms with Crippen molar-refractivity contribution in [3.63, 3.8) is 0 Å². The first-order valence-corrected chi connectivity index (χ1v) is 12.9. The number of benzene rings is 2. The minimum atomic E-state index is -0.668. The average molecular weight is 555 g/mol. The molecule has 2 aliphatic heterocycles. The first kappa shape index (κ1) is 26.1. The Hall–Kier alpha value is -2.94. The van der Waals surface area contributed by atoms with Gasteiger partial charge in [0.25, 0.3) is 11.7 Å². The molecular weight excluding hydrogens is 524 g/mol. The highest BCUT2D eigenvalue weighted by Crippen LogP contribution is 2.40. The second kappa shape index (κ2) is 11.9. The number of carbonyl (C=O) groups is 2. The normalized spacial score (nSPS) is 20.1. The molecule has 190 valence electrons. The van der Waals surface area contributed by atoms with Crippen LogP contribution in [0.15, 0.2) is 65.2 Å². The number of amides is 1. The molecule has 0 bridgehead atoms. The van der Waals surface area contributed by atoms with Gasteiger partial charge < -0.3 is 19.5 Å². The maximum absolute atomic E-state index is 13.3. The monoisotopic (exact) mass is 554 g/mol. The first-order chi connectivity index (χ1) is 17.4. The molecular formula is C28H31BrN2O5. The molecule has 0 radical (unpaired) electrons. The van der Waals surface area contributed by atoms with Crippen LogP contribution in [0.3, 0.4) is 0 Å². The summed E-state index contributed by atoms with van der Waals surface area (Å²) in [5.74, 6) is -0.796. The molecule has 0 unspecified atom stereocenters. The van der Waals surface area contributed by atoms with Crippen LogP contribution in [0.1, 0.15) is 29.2 Å². The zero-order valence-corrected chi connectivity index (χ0v) is 22.0. The van der Waals surface area contributed by atoms with Crippen molar-refractivity contribution < 1.29 is 24.2 Å². The van der Waals surface area contributed by atoms with Gasteiger partial charge >= 0.3 is 0 Å². The Labute approximate surface area is 220 Å². The van der Waals surface area contributed by atoms with Gasteiger partial charge in [-0.25, -0.2) is 0 Å². The minimum absolute atomic E-state index is 0.108. The molecule has 0 saturated carbocycles. The number of nitrogens with zero attached hydrogens (tertiary/aromatic N) is 2. The lowest BCUT2D eigenvalue weighted by atomic mass is 9.94. The van der Waals surface area contributed by atoms with Gasteiger partial charge in [-0.2, -0.15) is 0 Å². The summed E-state index contributed by atoms with van der Waals surface area (Å²) in [6.45, 7) is 10.2. The number of halogens is 1. The Morgan fingerprint density at radius 3 is 2.56 bits per heavy atom. The van der Waals surface area contributed by atoms with Crippen molar-refractivity contribution in [3.05, 3.63) is 81.9 Å². The topological polar surface area (TPSA) is 79.3 Å². The molecule has 7 nitrogen and oxygen atoms in total. The van der Waals surface area contributed by atoms with Gasteiger partial charge in [0.15, 0.2) is 0 Å². The third kappa shape index (κ3) is 5.72. The summed E-state index contributed by atoms with van der Waals surface area (Å²) >= 11 is 3.45. The summed E-state index contributed by atoms with van der Waals surface area (Å²) < 4.78 is 11.9. The third-order valence-corrected chi connectivity index (χ3v) is 7.05. The fourth-order valence-electron chi connectivity index (χ4n) is 4.68. The minimum Gasteiger partial charge on any atom is -0.507 e. The SMILES string of the molecule is C=CCOc1ccc(C(O)=C2C(=O)C(=O)N(CCCN3CCOCC3)[C@H]2c2ccc(Br)cc2)c(C)c1. The van der Waals surface area contributed by atoms with Crippen LogP contribution in [0.25, 0.3) is 5.76 Å². The Morgan fingerprint density at radius 2 is 1.89 bits per heavy atom. The highest BCUT2D eigenvalue weighted by Gasteiger charge is 2.46. The maximum atomic E-state index is 13.3. The van der Waals surface area contributed by atoms with E-state index in [1.165, 1.54) is 0 Å². The lowest BCUT2D eigenvalue weighted by Gasteiger charge is -2.29. The van der Waals surface area contributed by atoms with E-state index in [2.05, 4.69) is 27.4 Å². The summed E-state index contributed by atoms with van der Waals surface area (Å²) in [4.78, 5) is 30.4. The van der Waals surface area contributed by atoms with Gasteiger partial charge in [0, 0.05) is 36.2 Å². The molecule has 2 aromatic carbocycles. The first-order valence-electron chi connectivity index (χ1n) is 12.1. The molecule has 0 aliphatic carbocycles. The van der Waals surface area contributed by atoms with Crippen LogP contribution in [-0.2, 0) is 14.3 Å². The van der Waals surface area contributed by atoms with E-state index in [4.69, 9.17) is 9.47 Å². The van der Waals surface area contributed by atoms with Crippen molar-refractivity contribution in [1.29, 1.82) is 0 Å². The summed E-state index contributed by atoms with van der Waals surface area (Å²) in [7, 11) is 0. The van der Waals surface area contributed by atoms with Gasteiger partial charge in [-0.15, -0.1) is 0 Å². The lowest BCUT2D eigenvalue weighted by Crippen LogP contribution is -2.38. The van der Waals surface area contributed by atoms with Gasteiger partial charge in [-0.1, -0.05) is 40.7 Å². The van der Waals surface area contributed by atoms with Crippen LogP contribution in [0.2, 0.25) is 0 Å². The van der Waals surface area contributed by atoms with Crippen molar-refractivity contribution in [2.75, 3.05) is 46.0 Å². The second-order valence-electron chi connectivity index (χ2n) is 8.93. The lowest BCUT2D eigenvalue weighted by molar-refractivity contribution is -0.140. The van der Waals surface area contributed by atoms with E-state index in [0.717, 1.165) is 35.2 Å². The zero-order chi connectivity index (χ0) is 25.7. The highest BCUT2D eigenvalue weighted by atomic mass is 79.9. The fourth-order valence-corrected chi connectivity index (χ4v) is 4.95. The maximum Gasteiger partial charge on any atom is 0.295 e. The van der Waals surface area contributed by atoms with E-state index in [1.54, 1.807) is 29.2 Å². The number of aliphatic hydroxyl groups is 1. The molecule has 0 aromatic heterocycles. The number of likely N-dealkylation sites (tertiary alicyclic amines) is 1. The third-order valence-electron chi connectivity index (χ3n) is 6.52. The summed E-state index contributed by atoms with van der Waals surface area (Å²) in [5.41, 5.74) is 2.11.